The molecule has 0 saturated carbocycles. The average molecular weight is 428 g/mol. The molecule has 0 radical (unpaired) electrons. The van der Waals surface area contributed by atoms with Crippen LogP contribution in [-0.4, -0.2) is 35.8 Å². The monoisotopic (exact) mass is 427 g/mol. The van der Waals surface area contributed by atoms with E-state index in [0.29, 0.717) is 27.8 Å². The van der Waals surface area contributed by atoms with Gasteiger partial charge >= 0.3 is 0 Å². The van der Waals surface area contributed by atoms with Crippen LogP contribution in [0.2, 0.25) is 0 Å². The first-order valence-electron chi connectivity index (χ1n) is 9.00. The molecule has 1 N–H and O–H groups in total. The normalized spacial score (nSPS) is 11.2. The Morgan fingerprint density at radius 1 is 1.03 bits per heavy atom. The molecule has 8 heteroatoms. The molecule has 1 aromatic carbocycles. The van der Waals surface area contributed by atoms with Crippen LogP contribution in [0, 0.1) is 6.92 Å². The van der Waals surface area contributed by atoms with Crippen molar-refractivity contribution >= 4 is 27.5 Å². The van der Waals surface area contributed by atoms with E-state index in [0.717, 1.165) is 11.1 Å². The lowest BCUT2D eigenvalue weighted by Gasteiger charge is -2.09. The quantitative estimate of drug-likeness (QED) is 0.555. The van der Waals surface area contributed by atoms with Crippen molar-refractivity contribution in [1.82, 2.24) is 15.3 Å². The number of thioether (sulfide) groups is 1. The molecule has 0 fully saturated rings. The van der Waals surface area contributed by atoms with Crippen molar-refractivity contribution < 1.29 is 13.2 Å². The van der Waals surface area contributed by atoms with Gasteiger partial charge < -0.3 is 5.32 Å². The summed E-state index contributed by atoms with van der Waals surface area (Å²) in [7, 11) is -3.38. The number of hydrogen-bond donors (Lipinski definition) is 1. The number of aryl methyl sites for hydroxylation is 1. The fourth-order valence-corrected chi connectivity index (χ4v) is 5.21. The van der Waals surface area contributed by atoms with Gasteiger partial charge in [-0.1, -0.05) is 17.7 Å². The Morgan fingerprint density at radius 2 is 1.76 bits per heavy atom. The number of aromatic nitrogens is 2. The van der Waals surface area contributed by atoms with E-state index in [9.17, 15) is 13.2 Å². The van der Waals surface area contributed by atoms with Crippen LogP contribution in [-0.2, 0) is 16.4 Å². The van der Waals surface area contributed by atoms with Crippen molar-refractivity contribution in [3.63, 3.8) is 0 Å². The molecule has 0 aliphatic rings. The van der Waals surface area contributed by atoms with Gasteiger partial charge in [0.25, 0.3) is 5.91 Å². The molecule has 3 rings (SSSR count). The third-order valence-electron chi connectivity index (χ3n) is 4.19. The lowest BCUT2D eigenvalue weighted by atomic mass is 10.2. The fourth-order valence-electron chi connectivity index (χ4n) is 2.57. The van der Waals surface area contributed by atoms with Crippen molar-refractivity contribution in [2.45, 2.75) is 23.4 Å². The SMILES string of the molecule is Cc1ccc(S(=O)(=O)CCSc2ncccc2C(=O)NCc2ccncc2)cc1. The van der Waals surface area contributed by atoms with Gasteiger partial charge in [0.15, 0.2) is 9.84 Å². The molecule has 0 aliphatic heterocycles. The van der Waals surface area contributed by atoms with Crippen LogP contribution in [0.3, 0.4) is 0 Å². The van der Waals surface area contributed by atoms with Crippen molar-refractivity contribution in [2.24, 2.45) is 0 Å². The van der Waals surface area contributed by atoms with E-state index in [1.54, 1.807) is 55.0 Å². The van der Waals surface area contributed by atoms with Crippen LogP contribution in [0.5, 0.6) is 0 Å². The second-order valence-corrected chi connectivity index (χ2v) is 9.57. The largest absolute Gasteiger partial charge is 0.348 e. The number of carbonyl (C=O) groups is 1. The summed E-state index contributed by atoms with van der Waals surface area (Å²) < 4.78 is 25.0. The zero-order valence-corrected chi connectivity index (χ0v) is 17.5. The number of amides is 1. The van der Waals surface area contributed by atoms with Gasteiger partial charge in [-0.3, -0.25) is 9.78 Å². The summed E-state index contributed by atoms with van der Waals surface area (Å²) >= 11 is 1.26. The van der Waals surface area contributed by atoms with Gasteiger partial charge in [0, 0.05) is 30.9 Å². The van der Waals surface area contributed by atoms with Gasteiger partial charge in [0.1, 0.15) is 5.03 Å². The Labute approximate surface area is 174 Å². The summed E-state index contributed by atoms with van der Waals surface area (Å²) in [5.74, 6) is 0.0200. The first-order valence-corrected chi connectivity index (χ1v) is 11.6. The van der Waals surface area contributed by atoms with E-state index in [2.05, 4.69) is 15.3 Å². The molecule has 0 aliphatic carbocycles. The minimum atomic E-state index is -3.38. The standard InChI is InChI=1S/C21H21N3O3S2/c1-16-4-6-18(7-5-16)29(26,27)14-13-28-21-19(3-2-10-23-21)20(25)24-15-17-8-11-22-12-9-17/h2-12H,13-15H2,1H3,(H,24,25). The number of pyridine rings is 2. The van der Waals surface area contributed by atoms with Crippen LogP contribution < -0.4 is 5.32 Å². The molecule has 0 saturated heterocycles. The minimum absolute atomic E-state index is 0.0324. The second-order valence-electron chi connectivity index (χ2n) is 6.37. The number of nitrogens with zero attached hydrogens (tertiary/aromatic N) is 2. The average Bonchev–Trinajstić information content (AvgIpc) is 2.73. The molecule has 1 amide bonds. The highest BCUT2D eigenvalue weighted by molar-refractivity contribution is 8.00. The molecule has 0 atom stereocenters. The van der Waals surface area contributed by atoms with Gasteiger partial charge in [-0.15, -0.1) is 11.8 Å². The lowest BCUT2D eigenvalue weighted by molar-refractivity contribution is 0.0947. The Balaban J connectivity index is 1.61. The van der Waals surface area contributed by atoms with Gasteiger partial charge in [-0.25, -0.2) is 13.4 Å². The molecule has 0 spiro atoms. The van der Waals surface area contributed by atoms with E-state index in [1.165, 1.54) is 11.8 Å². The van der Waals surface area contributed by atoms with Crippen molar-refractivity contribution in [1.29, 1.82) is 0 Å². The summed E-state index contributed by atoms with van der Waals surface area (Å²) in [5.41, 5.74) is 2.38. The number of carbonyl (C=O) groups excluding carboxylic acids is 1. The molecule has 0 unspecified atom stereocenters. The molecule has 2 aromatic heterocycles. The number of benzene rings is 1. The molecule has 2 heterocycles. The van der Waals surface area contributed by atoms with Gasteiger partial charge in [0.2, 0.25) is 0 Å². The topological polar surface area (TPSA) is 89.0 Å². The predicted octanol–water partition coefficient (Wildman–Crippen LogP) is 3.28. The molecular formula is C21H21N3O3S2. The van der Waals surface area contributed by atoms with Crippen molar-refractivity contribution in [3.8, 4) is 0 Å². The molecule has 29 heavy (non-hydrogen) atoms. The Morgan fingerprint density at radius 3 is 2.48 bits per heavy atom. The first-order chi connectivity index (χ1) is 14.0. The molecular weight excluding hydrogens is 406 g/mol. The van der Waals surface area contributed by atoms with Gasteiger partial charge in [0.05, 0.1) is 16.2 Å². The number of rotatable bonds is 8. The highest BCUT2D eigenvalue weighted by Gasteiger charge is 2.17. The van der Waals surface area contributed by atoms with E-state index < -0.39 is 9.84 Å². The van der Waals surface area contributed by atoms with E-state index in [1.807, 2.05) is 19.1 Å². The highest BCUT2D eigenvalue weighted by atomic mass is 32.2. The lowest BCUT2D eigenvalue weighted by Crippen LogP contribution is -2.23. The number of nitrogens with one attached hydrogen (secondary N) is 1. The van der Waals surface area contributed by atoms with Gasteiger partial charge in [-0.2, -0.15) is 0 Å². The highest BCUT2D eigenvalue weighted by Crippen LogP contribution is 2.22. The summed E-state index contributed by atoms with van der Waals surface area (Å²) in [5, 5.41) is 3.37. The van der Waals surface area contributed by atoms with Crippen molar-refractivity contribution in [2.75, 3.05) is 11.5 Å². The maximum Gasteiger partial charge on any atom is 0.254 e. The first kappa shape index (κ1) is 21.0. The smallest absolute Gasteiger partial charge is 0.254 e. The van der Waals surface area contributed by atoms with E-state index >= 15 is 0 Å². The third kappa shape index (κ3) is 5.88. The van der Waals surface area contributed by atoms with Crippen LogP contribution in [0.15, 0.2) is 77.0 Å². The molecule has 150 valence electrons. The van der Waals surface area contributed by atoms with Crippen LogP contribution in [0.25, 0.3) is 0 Å². The van der Waals surface area contributed by atoms with E-state index in [4.69, 9.17) is 0 Å². The zero-order chi connectivity index (χ0) is 20.7. The van der Waals surface area contributed by atoms with Crippen LogP contribution in [0.1, 0.15) is 21.5 Å². The fraction of sp³-hybridized carbons (Fsp3) is 0.190. The molecule has 6 nitrogen and oxygen atoms in total. The molecule has 0 bridgehead atoms. The maximum atomic E-state index is 12.6. The van der Waals surface area contributed by atoms with Crippen LogP contribution in [0.4, 0.5) is 0 Å². The summed E-state index contributed by atoms with van der Waals surface area (Å²) in [6.45, 7) is 2.29. The zero-order valence-electron chi connectivity index (χ0n) is 15.9. The van der Waals surface area contributed by atoms with E-state index in [-0.39, 0.29) is 11.7 Å². The van der Waals surface area contributed by atoms with Crippen LogP contribution >= 0.6 is 11.8 Å². The summed E-state index contributed by atoms with van der Waals surface area (Å²) in [6.07, 6.45) is 4.93. The Bertz CT molecular complexity index is 1070. The predicted molar refractivity (Wildman–Crippen MR) is 114 cm³/mol. The van der Waals surface area contributed by atoms with Gasteiger partial charge in [-0.05, 0) is 48.9 Å². The number of hydrogen-bond acceptors (Lipinski definition) is 6. The summed E-state index contributed by atoms with van der Waals surface area (Å²) in [4.78, 5) is 21.1. The Hall–Kier alpha value is -2.71. The minimum Gasteiger partial charge on any atom is -0.348 e. The van der Waals surface area contributed by atoms with Crippen molar-refractivity contribution in [3.05, 3.63) is 83.8 Å². The summed E-state index contributed by atoms with van der Waals surface area (Å²) in [6, 6.07) is 13.8. The maximum absolute atomic E-state index is 12.6. The number of sulfone groups is 1. The third-order valence-corrected chi connectivity index (χ3v) is 7.19. The molecule has 3 aromatic rings. The second kappa shape index (κ2) is 9.67. The Kier molecular flexibility index (Phi) is 7.00.